The molecule has 2 heterocycles. The molecule has 140 valence electrons. The highest BCUT2D eigenvalue weighted by atomic mass is 35.5. The average Bonchev–Trinajstić information content (AvgIpc) is 2.95. The van der Waals surface area contributed by atoms with Crippen LogP contribution in [0.4, 0.5) is 0 Å². The minimum Gasteiger partial charge on any atom is -0.304 e. The number of fused-ring (bicyclic) bond motifs is 1. The lowest BCUT2D eigenvalue weighted by Crippen LogP contribution is -2.39. The van der Waals surface area contributed by atoms with Crippen LogP contribution in [-0.4, -0.2) is 18.7 Å². The van der Waals surface area contributed by atoms with Crippen molar-refractivity contribution in [2.24, 2.45) is 7.05 Å². The van der Waals surface area contributed by atoms with Crippen molar-refractivity contribution in [2.45, 2.75) is 20.0 Å². The molecule has 0 amide bonds. The van der Waals surface area contributed by atoms with Crippen molar-refractivity contribution in [3.63, 3.8) is 0 Å². The van der Waals surface area contributed by atoms with Gasteiger partial charge in [0.15, 0.2) is 11.2 Å². The summed E-state index contributed by atoms with van der Waals surface area (Å²) in [5, 5.41) is 0.760. The molecule has 27 heavy (non-hydrogen) atoms. The molecule has 8 heteroatoms. The molecule has 6 nitrogen and oxygen atoms in total. The van der Waals surface area contributed by atoms with Crippen molar-refractivity contribution in [1.29, 1.82) is 0 Å². The number of allylic oxidation sites excluding steroid dienone is 3. The van der Waals surface area contributed by atoms with Gasteiger partial charge in [0.25, 0.3) is 5.56 Å². The van der Waals surface area contributed by atoms with Gasteiger partial charge < -0.3 is 4.57 Å². The van der Waals surface area contributed by atoms with Gasteiger partial charge in [-0.3, -0.25) is 13.9 Å². The monoisotopic (exact) mass is 404 g/mol. The van der Waals surface area contributed by atoms with Crippen molar-refractivity contribution in [1.82, 2.24) is 18.7 Å². The SMILES string of the molecule is C=C/C=C(\C)Cn1c(=O)n(C)c(=O)c2c1nc(Cl)n2Cc1ccc(Cl)cc1. The second-order valence-corrected chi connectivity index (χ2v) is 7.02. The van der Waals surface area contributed by atoms with Crippen molar-refractivity contribution in [2.75, 3.05) is 0 Å². The minimum absolute atomic E-state index is 0.141. The molecule has 0 bridgehead atoms. The maximum atomic E-state index is 12.8. The zero-order valence-electron chi connectivity index (χ0n) is 14.9. The van der Waals surface area contributed by atoms with Crippen LogP contribution >= 0.6 is 23.2 Å². The van der Waals surface area contributed by atoms with Crippen LogP contribution in [0.2, 0.25) is 10.3 Å². The highest BCUT2D eigenvalue weighted by Gasteiger charge is 2.20. The summed E-state index contributed by atoms with van der Waals surface area (Å²) in [4.78, 5) is 29.7. The number of hydrogen-bond donors (Lipinski definition) is 0. The number of aromatic nitrogens is 4. The van der Waals surface area contributed by atoms with Crippen LogP contribution in [0.15, 0.2) is 58.2 Å². The van der Waals surface area contributed by atoms with Gasteiger partial charge in [-0.1, -0.05) is 48.0 Å². The summed E-state index contributed by atoms with van der Waals surface area (Å²) in [7, 11) is 1.45. The topological polar surface area (TPSA) is 61.8 Å². The van der Waals surface area contributed by atoms with E-state index in [1.807, 2.05) is 19.1 Å². The Morgan fingerprint density at radius 1 is 1.19 bits per heavy atom. The Bertz CT molecular complexity index is 1170. The fourth-order valence-electron chi connectivity index (χ4n) is 2.89. The van der Waals surface area contributed by atoms with Crippen molar-refractivity contribution < 1.29 is 0 Å². The van der Waals surface area contributed by atoms with Crippen LogP contribution in [0, 0.1) is 0 Å². The van der Waals surface area contributed by atoms with Gasteiger partial charge in [0, 0.05) is 12.1 Å². The van der Waals surface area contributed by atoms with Crippen molar-refractivity contribution in [3.05, 3.63) is 85.3 Å². The summed E-state index contributed by atoms with van der Waals surface area (Å²) < 4.78 is 4.11. The molecule has 3 rings (SSSR count). The van der Waals surface area contributed by atoms with Gasteiger partial charge in [0.2, 0.25) is 5.28 Å². The largest absolute Gasteiger partial charge is 0.332 e. The molecule has 0 aliphatic rings. The quantitative estimate of drug-likeness (QED) is 0.483. The highest BCUT2D eigenvalue weighted by molar-refractivity contribution is 6.30. The van der Waals surface area contributed by atoms with Crippen LogP contribution in [0.25, 0.3) is 11.2 Å². The highest BCUT2D eigenvalue weighted by Crippen LogP contribution is 2.19. The molecule has 0 aliphatic carbocycles. The molecule has 0 spiro atoms. The van der Waals surface area contributed by atoms with Crippen LogP contribution in [0.1, 0.15) is 12.5 Å². The Labute approximate surface area is 165 Å². The average molecular weight is 405 g/mol. The second-order valence-electron chi connectivity index (χ2n) is 6.25. The lowest BCUT2D eigenvalue weighted by Gasteiger charge is -2.10. The predicted octanol–water partition coefficient (Wildman–Crippen LogP) is 3.38. The maximum absolute atomic E-state index is 12.8. The molecule has 1 aromatic carbocycles. The molecule has 0 fully saturated rings. The van der Waals surface area contributed by atoms with E-state index in [-0.39, 0.29) is 23.0 Å². The third-order valence-electron chi connectivity index (χ3n) is 4.25. The molecule has 0 aliphatic heterocycles. The minimum atomic E-state index is -0.447. The zero-order valence-corrected chi connectivity index (χ0v) is 16.5. The summed E-state index contributed by atoms with van der Waals surface area (Å²) in [5.41, 5.74) is 1.46. The molecule has 0 saturated carbocycles. The van der Waals surface area contributed by atoms with Crippen molar-refractivity contribution in [3.8, 4) is 0 Å². The number of hydrogen-bond acceptors (Lipinski definition) is 3. The number of imidazole rings is 1. The molecule has 0 saturated heterocycles. The summed E-state index contributed by atoms with van der Waals surface area (Å²) in [6.07, 6.45) is 3.45. The first-order valence-corrected chi connectivity index (χ1v) is 8.97. The van der Waals surface area contributed by atoms with E-state index in [4.69, 9.17) is 23.2 Å². The number of benzene rings is 1. The normalized spacial score (nSPS) is 11.9. The smallest absolute Gasteiger partial charge is 0.304 e. The fraction of sp³-hybridized carbons (Fsp3) is 0.211. The van der Waals surface area contributed by atoms with Gasteiger partial charge >= 0.3 is 5.69 Å². The lowest BCUT2D eigenvalue weighted by atomic mass is 10.2. The van der Waals surface area contributed by atoms with E-state index >= 15 is 0 Å². The second kappa shape index (κ2) is 7.58. The summed E-state index contributed by atoms with van der Waals surface area (Å²) in [6.45, 7) is 6.15. The lowest BCUT2D eigenvalue weighted by molar-refractivity contribution is 0.660. The molecule has 0 N–H and O–H groups in total. The van der Waals surface area contributed by atoms with Gasteiger partial charge in [0.05, 0.1) is 13.1 Å². The van der Waals surface area contributed by atoms with Gasteiger partial charge in [0.1, 0.15) is 0 Å². The summed E-state index contributed by atoms with van der Waals surface area (Å²) >= 11 is 12.3. The number of nitrogens with zero attached hydrogens (tertiary/aromatic N) is 4. The molecular formula is C19H18Cl2N4O2. The molecule has 0 unspecified atom stereocenters. The Balaban J connectivity index is 2.23. The maximum Gasteiger partial charge on any atom is 0.332 e. The number of rotatable bonds is 5. The van der Waals surface area contributed by atoms with E-state index in [0.29, 0.717) is 11.6 Å². The first kappa shape index (κ1) is 19.2. The first-order chi connectivity index (χ1) is 12.8. The Hall–Kier alpha value is -2.57. The van der Waals surface area contributed by atoms with Crippen LogP contribution in [0.3, 0.4) is 0 Å². The standard InChI is InChI=1S/C19H18Cl2N4O2/c1-4-5-12(2)10-25-16-15(17(26)23(3)19(25)27)24(18(21)22-16)11-13-6-8-14(20)9-7-13/h4-9H,1,10-11H2,2-3H3/b12-5+. The Morgan fingerprint density at radius 2 is 1.85 bits per heavy atom. The third-order valence-corrected chi connectivity index (χ3v) is 4.79. The van der Waals surface area contributed by atoms with E-state index in [0.717, 1.165) is 15.7 Å². The molecule has 0 radical (unpaired) electrons. The van der Waals surface area contributed by atoms with Crippen LogP contribution in [-0.2, 0) is 20.1 Å². The molecule has 2 aromatic heterocycles. The van der Waals surface area contributed by atoms with Crippen LogP contribution in [0.5, 0.6) is 0 Å². The van der Waals surface area contributed by atoms with E-state index in [2.05, 4.69) is 11.6 Å². The molecule has 0 atom stereocenters. The molecule has 3 aromatic rings. The van der Waals surface area contributed by atoms with Crippen molar-refractivity contribution >= 4 is 34.4 Å². The summed E-state index contributed by atoms with van der Waals surface area (Å²) in [5.74, 6) is 0. The van der Waals surface area contributed by atoms with Gasteiger partial charge in [-0.2, -0.15) is 4.98 Å². The van der Waals surface area contributed by atoms with Gasteiger partial charge in [-0.05, 0) is 36.2 Å². The molecular weight excluding hydrogens is 387 g/mol. The van der Waals surface area contributed by atoms with E-state index in [1.54, 1.807) is 28.9 Å². The van der Waals surface area contributed by atoms with Gasteiger partial charge in [-0.25, -0.2) is 4.79 Å². The van der Waals surface area contributed by atoms with E-state index in [1.165, 1.54) is 11.6 Å². The van der Waals surface area contributed by atoms with Gasteiger partial charge in [-0.15, -0.1) is 0 Å². The van der Waals surface area contributed by atoms with E-state index < -0.39 is 11.2 Å². The fourth-order valence-corrected chi connectivity index (χ4v) is 3.24. The summed E-state index contributed by atoms with van der Waals surface area (Å²) in [6, 6.07) is 7.23. The van der Waals surface area contributed by atoms with Crippen LogP contribution < -0.4 is 11.2 Å². The first-order valence-electron chi connectivity index (χ1n) is 8.21. The number of halogens is 2. The Kier molecular flexibility index (Phi) is 5.39. The third kappa shape index (κ3) is 3.63. The Morgan fingerprint density at radius 3 is 2.48 bits per heavy atom. The van der Waals surface area contributed by atoms with E-state index in [9.17, 15) is 9.59 Å². The zero-order chi connectivity index (χ0) is 19.7. The predicted molar refractivity (Wildman–Crippen MR) is 109 cm³/mol.